The van der Waals surface area contributed by atoms with Crippen molar-refractivity contribution in [2.24, 2.45) is 5.41 Å². The molecule has 2 heterocycles. The minimum Gasteiger partial charge on any atom is -0.342 e. The van der Waals surface area contributed by atoms with Gasteiger partial charge in [-0.3, -0.25) is 9.59 Å². The second-order valence-corrected chi connectivity index (χ2v) is 8.19. The first kappa shape index (κ1) is 18.7. The minimum absolute atomic E-state index is 0.0644. The van der Waals surface area contributed by atoms with E-state index in [1.165, 1.54) is 0 Å². The average Bonchev–Trinajstić information content (AvgIpc) is 2.76. The summed E-state index contributed by atoms with van der Waals surface area (Å²) in [6, 6.07) is 18.1. The number of hydrogen-bond donors (Lipinski definition) is 0. The van der Waals surface area contributed by atoms with Crippen molar-refractivity contribution in [3.8, 4) is 11.1 Å². The first-order chi connectivity index (χ1) is 13.6. The van der Waals surface area contributed by atoms with Gasteiger partial charge < -0.3 is 9.80 Å². The summed E-state index contributed by atoms with van der Waals surface area (Å²) in [5, 5.41) is 0. The normalized spacial score (nSPS) is 22.5. The van der Waals surface area contributed by atoms with Gasteiger partial charge in [0.25, 0.3) is 5.91 Å². The molecule has 0 bridgehead atoms. The van der Waals surface area contributed by atoms with Crippen molar-refractivity contribution in [1.82, 2.24) is 9.80 Å². The van der Waals surface area contributed by atoms with Gasteiger partial charge >= 0.3 is 0 Å². The highest BCUT2D eigenvalue weighted by Crippen LogP contribution is 2.39. The lowest BCUT2D eigenvalue weighted by Crippen LogP contribution is -2.55. The lowest BCUT2D eigenvalue weighted by atomic mass is 9.73. The van der Waals surface area contributed by atoms with Crippen LogP contribution in [-0.2, 0) is 4.79 Å². The Morgan fingerprint density at radius 1 is 1.00 bits per heavy atom. The zero-order valence-corrected chi connectivity index (χ0v) is 16.6. The Balaban J connectivity index is 1.53. The van der Waals surface area contributed by atoms with E-state index < -0.39 is 0 Å². The zero-order valence-electron chi connectivity index (χ0n) is 16.6. The second kappa shape index (κ2) is 7.78. The number of likely N-dealkylation sites (tertiary alicyclic amines) is 2. The van der Waals surface area contributed by atoms with Crippen LogP contribution in [0, 0.1) is 5.41 Å². The van der Waals surface area contributed by atoms with E-state index in [-0.39, 0.29) is 17.2 Å². The summed E-state index contributed by atoms with van der Waals surface area (Å²) in [4.78, 5) is 29.4. The Labute approximate surface area is 167 Å². The highest BCUT2D eigenvalue weighted by Gasteiger charge is 2.42. The van der Waals surface area contributed by atoms with Crippen LogP contribution in [0.4, 0.5) is 0 Å². The molecule has 2 fully saturated rings. The standard InChI is InChI=1S/C24H28N2O2/c1-2-25-17-24(14-12-22(25)27)13-7-15-26(18-24)23(28)21-11-6-10-20(16-21)19-8-4-3-5-9-19/h3-6,8-11,16H,2,7,12-15,17-18H2,1H3/t24-/m1/s1. The first-order valence-corrected chi connectivity index (χ1v) is 10.3. The van der Waals surface area contributed by atoms with E-state index in [1.54, 1.807) is 0 Å². The SMILES string of the molecule is CCN1C[C@@]2(CCCN(C(=O)c3cccc(-c4ccccc4)c3)C2)CCC1=O. The maximum atomic E-state index is 13.3. The van der Waals surface area contributed by atoms with Crippen molar-refractivity contribution in [1.29, 1.82) is 0 Å². The lowest BCUT2D eigenvalue weighted by Gasteiger charge is -2.48. The van der Waals surface area contributed by atoms with Crippen LogP contribution in [0.3, 0.4) is 0 Å². The Hall–Kier alpha value is -2.62. The fraction of sp³-hybridized carbons (Fsp3) is 0.417. The van der Waals surface area contributed by atoms with E-state index in [1.807, 2.05) is 53.1 Å². The van der Waals surface area contributed by atoms with E-state index in [0.29, 0.717) is 6.42 Å². The highest BCUT2D eigenvalue weighted by molar-refractivity contribution is 5.95. The quantitative estimate of drug-likeness (QED) is 0.805. The molecule has 4 rings (SSSR count). The first-order valence-electron chi connectivity index (χ1n) is 10.3. The van der Waals surface area contributed by atoms with Crippen LogP contribution in [0.25, 0.3) is 11.1 Å². The molecule has 2 aromatic carbocycles. The molecule has 4 nitrogen and oxygen atoms in total. The van der Waals surface area contributed by atoms with E-state index in [0.717, 1.165) is 62.1 Å². The van der Waals surface area contributed by atoms with Crippen molar-refractivity contribution in [3.05, 3.63) is 60.2 Å². The molecule has 28 heavy (non-hydrogen) atoms. The van der Waals surface area contributed by atoms with Gasteiger partial charge in [-0.05, 0) is 49.4 Å². The predicted octanol–water partition coefficient (Wildman–Crippen LogP) is 4.22. The van der Waals surface area contributed by atoms with Gasteiger partial charge in [-0.1, -0.05) is 42.5 Å². The molecule has 2 aromatic rings. The molecule has 2 saturated heterocycles. The number of rotatable bonds is 3. The topological polar surface area (TPSA) is 40.6 Å². The molecule has 2 amide bonds. The summed E-state index contributed by atoms with van der Waals surface area (Å²) in [6.07, 6.45) is 3.62. The summed E-state index contributed by atoms with van der Waals surface area (Å²) >= 11 is 0. The number of nitrogens with zero attached hydrogens (tertiary/aromatic N) is 2. The molecule has 0 radical (unpaired) electrons. The predicted molar refractivity (Wildman–Crippen MR) is 111 cm³/mol. The summed E-state index contributed by atoms with van der Waals surface area (Å²) in [5.41, 5.74) is 3.00. The largest absolute Gasteiger partial charge is 0.342 e. The second-order valence-electron chi connectivity index (χ2n) is 8.19. The van der Waals surface area contributed by atoms with Gasteiger partial charge in [-0.25, -0.2) is 0 Å². The smallest absolute Gasteiger partial charge is 0.253 e. The van der Waals surface area contributed by atoms with Crippen molar-refractivity contribution >= 4 is 11.8 Å². The highest BCUT2D eigenvalue weighted by atomic mass is 16.2. The Morgan fingerprint density at radius 3 is 2.57 bits per heavy atom. The number of carbonyl (C=O) groups is 2. The average molecular weight is 377 g/mol. The van der Waals surface area contributed by atoms with E-state index in [9.17, 15) is 9.59 Å². The van der Waals surface area contributed by atoms with Crippen LogP contribution in [0.2, 0.25) is 0 Å². The maximum Gasteiger partial charge on any atom is 0.253 e. The molecule has 146 valence electrons. The van der Waals surface area contributed by atoms with Gasteiger partial charge in [0, 0.05) is 43.6 Å². The van der Waals surface area contributed by atoms with Gasteiger partial charge in [0.1, 0.15) is 0 Å². The van der Waals surface area contributed by atoms with Crippen LogP contribution in [0.15, 0.2) is 54.6 Å². The molecular weight excluding hydrogens is 348 g/mol. The summed E-state index contributed by atoms with van der Waals surface area (Å²) in [5.74, 6) is 0.365. The van der Waals surface area contributed by atoms with Crippen molar-refractivity contribution < 1.29 is 9.59 Å². The van der Waals surface area contributed by atoms with E-state index >= 15 is 0 Å². The lowest BCUT2D eigenvalue weighted by molar-refractivity contribution is -0.138. The van der Waals surface area contributed by atoms with Crippen LogP contribution in [0.1, 0.15) is 43.0 Å². The van der Waals surface area contributed by atoms with Gasteiger partial charge in [-0.15, -0.1) is 0 Å². The Kier molecular flexibility index (Phi) is 5.21. The monoisotopic (exact) mass is 376 g/mol. The number of hydrogen-bond acceptors (Lipinski definition) is 2. The van der Waals surface area contributed by atoms with E-state index in [2.05, 4.69) is 18.2 Å². The molecule has 0 aromatic heterocycles. The third-order valence-electron chi connectivity index (χ3n) is 6.30. The van der Waals surface area contributed by atoms with Gasteiger partial charge in [-0.2, -0.15) is 0 Å². The van der Waals surface area contributed by atoms with Crippen molar-refractivity contribution in [3.63, 3.8) is 0 Å². The third-order valence-corrected chi connectivity index (χ3v) is 6.30. The molecule has 0 saturated carbocycles. The van der Waals surface area contributed by atoms with Crippen LogP contribution in [0.5, 0.6) is 0 Å². The Morgan fingerprint density at radius 2 is 1.79 bits per heavy atom. The summed E-state index contributed by atoms with van der Waals surface area (Å²) < 4.78 is 0. The minimum atomic E-state index is 0.0644. The Bertz CT molecular complexity index is 864. The van der Waals surface area contributed by atoms with Crippen LogP contribution >= 0.6 is 0 Å². The summed E-state index contributed by atoms with van der Waals surface area (Å²) in [7, 11) is 0. The number of carbonyl (C=O) groups excluding carboxylic acids is 2. The van der Waals surface area contributed by atoms with E-state index in [4.69, 9.17) is 0 Å². The number of amides is 2. The number of benzene rings is 2. The molecular formula is C24H28N2O2. The van der Waals surface area contributed by atoms with Crippen LogP contribution in [-0.4, -0.2) is 47.8 Å². The van der Waals surface area contributed by atoms with Crippen LogP contribution < -0.4 is 0 Å². The zero-order chi connectivity index (χ0) is 19.6. The molecule has 0 aliphatic carbocycles. The molecule has 2 aliphatic rings. The number of piperidine rings is 2. The fourth-order valence-electron chi connectivity index (χ4n) is 4.75. The molecule has 0 unspecified atom stereocenters. The van der Waals surface area contributed by atoms with Gasteiger partial charge in [0.05, 0.1) is 0 Å². The third kappa shape index (κ3) is 3.68. The molecule has 2 aliphatic heterocycles. The summed E-state index contributed by atoms with van der Waals surface area (Å²) in [6.45, 7) is 5.14. The van der Waals surface area contributed by atoms with Crippen molar-refractivity contribution in [2.45, 2.75) is 32.6 Å². The fourth-order valence-corrected chi connectivity index (χ4v) is 4.75. The molecule has 1 atom stereocenters. The molecule has 1 spiro atoms. The molecule has 0 N–H and O–H groups in total. The van der Waals surface area contributed by atoms with Gasteiger partial charge in [0.15, 0.2) is 0 Å². The van der Waals surface area contributed by atoms with Gasteiger partial charge in [0.2, 0.25) is 5.91 Å². The van der Waals surface area contributed by atoms with Crippen molar-refractivity contribution in [2.75, 3.05) is 26.2 Å². The maximum absolute atomic E-state index is 13.3. The molecule has 4 heteroatoms.